The second kappa shape index (κ2) is 3.34. The van der Waals surface area contributed by atoms with E-state index in [0.717, 1.165) is 0 Å². The van der Waals surface area contributed by atoms with Crippen LogP contribution < -0.4 is 5.84 Å². The Morgan fingerprint density at radius 1 is 1.55 bits per heavy atom. The molecule has 0 spiro atoms. The molecule has 0 aromatic heterocycles. The highest BCUT2D eigenvalue weighted by Crippen LogP contribution is 2.07. The molecule has 0 saturated carbocycles. The normalized spacial score (nSPS) is 10.5. The SMILES string of the molecule is CC(C)(C)OC(=O)N(N)C=O. The Hall–Kier alpha value is -1.10. The quantitative estimate of drug-likeness (QED) is 0.258. The molecule has 5 nitrogen and oxygen atoms in total. The summed E-state index contributed by atoms with van der Waals surface area (Å²) in [5.74, 6) is 4.91. The smallest absolute Gasteiger partial charge is 0.431 e. The summed E-state index contributed by atoms with van der Waals surface area (Å²) in [5, 5.41) is 0.352. The van der Waals surface area contributed by atoms with Crippen molar-refractivity contribution in [3.63, 3.8) is 0 Å². The van der Waals surface area contributed by atoms with Crippen molar-refractivity contribution in [1.82, 2.24) is 5.01 Å². The van der Waals surface area contributed by atoms with Crippen LogP contribution in [0.5, 0.6) is 0 Å². The van der Waals surface area contributed by atoms with E-state index in [0.29, 0.717) is 5.01 Å². The van der Waals surface area contributed by atoms with Gasteiger partial charge in [0.05, 0.1) is 0 Å². The maximum atomic E-state index is 10.7. The molecule has 0 aromatic carbocycles. The lowest BCUT2D eigenvalue weighted by molar-refractivity contribution is -0.117. The van der Waals surface area contributed by atoms with Gasteiger partial charge in [-0.3, -0.25) is 4.79 Å². The minimum Gasteiger partial charge on any atom is -0.442 e. The average molecular weight is 160 g/mol. The predicted molar refractivity (Wildman–Crippen MR) is 38.3 cm³/mol. The van der Waals surface area contributed by atoms with Gasteiger partial charge in [0, 0.05) is 0 Å². The molecule has 0 aliphatic rings. The van der Waals surface area contributed by atoms with Crippen molar-refractivity contribution in [2.75, 3.05) is 0 Å². The fraction of sp³-hybridized carbons (Fsp3) is 0.667. The van der Waals surface area contributed by atoms with E-state index in [1.165, 1.54) is 0 Å². The van der Waals surface area contributed by atoms with Crippen LogP contribution in [0.1, 0.15) is 20.8 Å². The molecule has 0 aliphatic carbocycles. The number of hydrogen-bond donors (Lipinski definition) is 1. The number of nitrogens with zero attached hydrogens (tertiary/aromatic N) is 1. The van der Waals surface area contributed by atoms with Crippen molar-refractivity contribution in [3.05, 3.63) is 0 Å². The molecular formula is C6H12N2O3. The zero-order valence-electron chi connectivity index (χ0n) is 6.83. The summed E-state index contributed by atoms with van der Waals surface area (Å²) in [6.45, 7) is 5.05. The highest BCUT2D eigenvalue weighted by Gasteiger charge is 2.19. The molecule has 0 aliphatic heterocycles. The van der Waals surface area contributed by atoms with Gasteiger partial charge in [-0.2, -0.15) is 5.01 Å². The van der Waals surface area contributed by atoms with Gasteiger partial charge in [0.1, 0.15) is 5.60 Å². The van der Waals surface area contributed by atoms with Crippen LogP contribution in [0.25, 0.3) is 0 Å². The molecule has 0 bridgehead atoms. The van der Waals surface area contributed by atoms with Crippen molar-refractivity contribution in [3.8, 4) is 0 Å². The minimum absolute atomic E-state index is 0.189. The van der Waals surface area contributed by atoms with Crippen LogP contribution in [0.3, 0.4) is 0 Å². The van der Waals surface area contributed by atoms with E-state index in [1.54, 1.807) is 20.8 Å². The van der Waals surface area contributed by atoms with Crippen LogP contribution in [-0.4, -0.2) is 23.1 Å². The second-order valence-electron chi connectivity index (χ2n) is 2.99. The summed E-state index contributed by atoms with van der Waals surface area (Å²) in [6, 6.07) is 0. The molecule has 5 heteroatoms. The van der Waals surface area contributed by atoms with Gasteiger partial charge in [-0.25, -0.2) is 10.6 Å². The lowest BCUT2D eigenvalue weighted by Gasteiger charge is -2.20. The Kier molecular flexibility index (Phi) is 3.00. The molecule has 0 radical (unpaired) electrons. The van der Waals surface area contributed by atoms with Crippen LogP contribution >= 0.6 is 0 Å². The van der Waals surface area contributed by atoms with E-state index < -0.39 is 11.7 Å². The molecular weight excluding hydrogens is 148 g/mol. The van der Waals surface area contributed by atoms with E-state index in [1.807, 2.05) is 0 Å². The number of rotatable bonds is 1. The summed E-state index contributed by atoms with van der Waals surface area (Å²) >= 11 is 0. The lowest BCUT2D eigenvalue weighted by Crippen LogP contribution is -2.40. The summed E-state index contributed by atoms with van der Waals surface area (Å²) < 4.78 is 4.72. The van der Waals surface area contributed by atoms with Crippen LogP contribution in [0.15, 0.2) is 0 Å². The standard InChI is InChI=1S/C6H12N2O3/c1-6(2,3)11-5(10)8(7)4-9/h4H,7H2,1-3H3. The average Bonchev–Trinajstić information content (AvgIpc) is 1.82. The molecule has 0 saturated heterocycles. The summed E-state index contributed by atoms with van der Waals surface area (Å²) in [4.78, 5) is 20.7. The fourth-order valence-electron chi connectivity index (χ4n) is 0.358. The van der Waals surface area contributed by atoms with Crippen LogP contribution in [0, 0.1) is 0 Å². The van der Waals surface area contributed by atoms with Gasteiger partial charge in [-0.05, 0) is 20.8 Å². The van der Waals surface area contributed by atoms with E-state index in [9.17, 15) is 9.59 Å². The van der Waals surface area contributed by atoms with Gasteiger partial charge in [-0.15, -0.1) is 0 Å². The second-order valence-corrected chi connectivity index (χ2v) is 2.99. The summed E-state index contributed by atoms with van der Waals surface area (Å²) in [6.07, 6.45) is -0.666. The predicted octanol–water partition coefficient (Wildman–Crippen LogP) is 0.254. The molecule has 11 heavy (non-hydrogen) atoms. The van der Waals surface area contributed by atoms with E-state index in [4.69, 9.17) is 10.6 Å². The van der Waals surface area contributed by atoms with E-state index in [2.05, 4.69) is 0 Å². The van der Waals surface area contributed by atoms with Gasteiger partial charge in [0.2, 0.25) is 6.41 Å². The van der Waals surface area contributed by atoms with Crippen LogP contribution in [0.4, 0.5) is 4.79 Å². The fourth-order valence-corrected chi connectivity index (χ4v) is 0.358. The number of ether oxygens (including phenoxy) is 1. The third-order valence-corrected chi connectivity index (χ3v) is 0.718. The topological polar surface area (TPSA) is 72.6 Å². The number of carbonyl (C=O) groups is 2. The molecule has 0 rings (SSSR count). The number of nitrogens with two attached hydrogens (primary N) is 1. The molecule has 0 heterocycles. The Morgan fingerprint density at radius 3 is 2.27 bits per heavy atom. The molecule has 0 atom stereocenters. The largest absolute Gasteiger partial charge is 0.442 e. The van der Waals surface area contributed by atoms with Gasteiger partial charge in [0.25, 0.3) is 0 Å². The van der Waals surface area contributed by atoms with E-state index in [-0.39, 0.29) is 6.41 Å². The molecule has 2 N–H and O–H groups in total. The first-order chi connectivity index (χ1) is 4.87. The summed E-state index contributed by atoms with van der Waals surface area (Å²) in [5.41, 5.74) is -0.627. The minimum atomic E-state index is -0.854. The Bertz CT molecular complexity index is 162. The Morgan fingerprint density at radius 2 is 2.00 bits per heavy atom. The zero-order valence-corrected chi connectivity index (χ0v) is 6.83. The number of amides is 2. The van der Waals surface area contributed by atoms with Crippen LogP contribution in [0.2, 0.25) is 0 Å². The number of hydrogen-bond acceptors (Lipinski definition) is 4. The van der Waals surface area contributed by atoms with Gasteiger partial charge < -0.3 is 4.74 Å². The monoisotopic (exact) mass is 160 g/mol. The first-order valence-corrected chi connectivity index (χ1v) is 3.09. The lowest BCUT2D eigenvalue weighted by atomic mass is 10.2. The van der Waals surface area contributed by atoms with Crippen molar-refractivity contribution < 1.29 is 14.3 Å². The highest BCUT2D eigenvalue weighted by atomic mass is 16.6. The van der Waals surface area contributed by atoms with Crippen molar-refractivity contribution >= 4 is 12.5 Å². The molecule has 0 aromatic rings. The maximum absolute atomic E-state index is 10.7. The highest BCUT2D eigenvalue weighted by molar-refractivity contribution is 5.79. The third-order valence-electron chi connectivity index (χ3n) is 0.718. The Labute approximate surface area is 65.1 Å². The van der Waals surface area contributed by atoms with Gasteiger partial charge in [-0.1, -0.05) is 0 Å². The first kappa shape index (κ1) is 9.90. The first-order valence-electron chi connectivity index (χ1n) is 3.09. The molecule has 0 fully saturated rings. The third kappa shape index (κ3) is 4.32. The summed E-state index contributed by atoms with van der Waals surface area (Å²) in [7, 11) is 0. The van der Waals surface area contributed by atoms with Crippen molar-refractivity contribution in [1.29, 1.82) is 0 Å². The molecule has 2 amide bonds. The van der Waals surface area contributed by atoms with Crippen LogP contribution in [-0.2, 0) is 9.53 Å². The van der Waals surface area contributed by atoms with Gasteiger partial charge >= 0.3 is 6.09 Å². The van der Waals surface area contributed by atoms with E-state index >= 15 is 0 Å². The molecule has 64 valence electrons. The van der Waals surface area contributed by atoms with Crippen molar-refractivity contribution in [2.24, 2.45) is 5.84 Å². The van der Waals surface area contributed by atoms with Crippen molar-refractivity contribution in [2.45, 2.75) is 26.4 Å². The maximum Gasteiger partial charge on any atom is 0.431 e. The number of imide groups is 1. The zero-order chi connectivity index (χ0) is 9.07. The number of hydrazine groups is 1. The molecule has 0 unspecified atom stereocenters. The Balaban J connectivity index is 3.98. The van der Waals surface area contributed by atoms with Gasteiger partial charge in [0.15, 0.2) is 0 Å². The number of carbonyl (C=O) groups excluding carboxylic acids is 2.